The zero-order valence-electron chi connectivity index (χ0n) is 14.4. The van der Waals surface area contributed by atoms with Gasteiger partial charge in [0, 0.05) is 26.8 Å². The minimum absolute atomic E-state index is 0.0977. The summed E-state index contributed by atoms with van der Waals surface area (Å²) in [5.41, 5.74) is 2.40. The van der Waals surface area contributed by atoms with Crippen LogP contribution in [0, 0.1) is 0 Å². The molecule has 0 unspecified atom stereocenters. The summed E-state index contributed by atoms with van der Waals surface area (Å²) in [6.45, 7) is 0. The average molecular weight is 475 g/mol. The van der Waals surface area contributed by atoms with Crippen molar-refractivity contribution < 1.29 is 9.90 Å². The fraction of sp³-hybridized carbons (Fsp3) is 0. The molecule has 3 aromatic rings. The SMILES string of the molecule is O=C(/C=C/c1ccc(Br)cc1)c1cccc(N=Cc2cc(Cl)cc(Cl)c2O)c1. The van der Waals surface area contributed by atoms with Gasteiger partial charge >= 0.3 is 0 Å². The summed E-state index contributed by atoms with van der Waals surface area (Å²) in [6, 6.07) is 17.6. The van der Waals surface area contributed by atoms with E-state index in [0.29, 0.717) is 21.8 Å². The molecule has 0 spiro atoms. The number of ketones is 1. The van der Waals surface area contributed by atoms with Crippen LogP contribution in [0.3, 0.4) is 0 Å². The second kappa shape index (κ2) is 9.20. The zero-order valence-corrected chi connectivity index (χ0v) is 17.5. The average Bonchev–Trinajstić information content (AvgIpc) is 2.69. The Labute approximate surface area is 181 Å². The maximum atomic E-state index is 12.4. The van der Waals surface area contributed by atoms with E-state index in [1.807, 2.05) is 24.3 Å². The molecular formula is C22H14BrCl2NO2. The fourth-order valence-corrected chi connectivity index (χ4v) is 3.18. The highest BCUT2D eigenvalue weighted by atomic mass is 79.9. The molecule has 1 N–H and O–H groups in total. The van der Waals surface area contributed by atoms with Crippen molar-refractivity contribution in [2.45, 2.75) is 0 Å². The number of hydrogen-bond acceptors (Lipinski definition) is 3. The molecule has 0 bridgehead atoms. The fourth-order valence-electron chi connectivity index (χ4n) is 2.41. The molecule has 0 saturated carbocycles. The minimum Gasteiger partial charge on any atom is -0.506 e. The van der Waals surface area contributed by atoms with Crippen LogP contribution in [0.15, 0.2) is 76.2 Å². The molecule has 0 atom stereocenters. The number of allylic oxidation sites excluding steroid dienone is 1. The number of rotatable bonds is 5. The van der Waals surface area contributed by atoms with Gasteiger partial charge in [-0.05, 0) is 48.0 Å². The zero-order chi connectivity index (χ0) is 20.1. The van der Waals surface area contributed by atoms with Crippen LogP contribution in [0.2, 0.25) is 10.0 Å². The first-order valence-corrected chi connectivity index (χ1v) is 9.77. The first-order valence-electron chi connectivity index (χ1n) is 8.22. The standard InChI is InChI=1S/C22H14BrCl2NO2/c23-17-7-4-14(5-8-17)6-9-21(27)15-2-1-3-19(11-15)26-13-16-10-18(24)12-20(25)22(16)28/h1-13,28H/b9-6+,26-13?. The molecule has 6 heteroatoms. The van der Waals surface area contributed by atoms with Crippen molar-refractivity contribution in [3.05, 3.63) is 97.9 Å². The number of phenols is 1. The molecule has 0 aliphatic carbocycles. The number of carbonyl (C=O) groups excluding carboxylic acids is 1. The third-order valence-corrected chi connectivity index (χ3v) is 4.87. The van der Waals surface area contributed by atoms with Crippen LogP contribution in [-0.4, -0.2) is 17.1 Å². The maximum absolute atomic E-state index is 12.4. The Bertz CT molecular complexity index is 1080. The van der Waals surface area contributed by atoms with E-state index in [9.17, 15) is 9.90 Å². The summed E-state index contributed by atoms with van der Waals surface area (Å²) in [7, 11) is 0. The molecule has 0 amide bonds. The Kier molecular flexibility index (Phi) is 6.68. The molecule has 3 rings (SSSR count). The van der Waals surface area contributed by atoms with Crippen molar-refractivity contribution >= 4 is 62.9 Å². The second-order valence-electron chi connectivity index (χ2n) is 5.88. The van der Waals surface area contributed by atoms with E-state index < -0.39 is 0 Å². The molecule has 3 nitrogen and oxygen atoms in total. The third-order valence-electron chi connectivity index (χ3n) is 3.84. The number of benzene rings is 3. The van der Waals surface area contributed by atoms with E-state index in [0.717, 1.165) is 10.0 Å². The van der Waals surface area contributed by atoms with Gasteiger partial charge in [0.2, 0.25) is 0 Å². The summed E-state index contributed by atoms with van der Waals surface area (Å²) in [5.74, 6) is -0.229. The van der Waals surface area contributed by atoms with Crippen LogP contribution in [0.4, 0.5) is 5.69 Å². The van der Waals surface area contributed by atoms with E-state index in [1.54, 1.807) is 36.4 Å². The lowest BCUT2D eigenvalue weighted by atomic mass is 10.1. The molecule has 3 aromatic carbocycles. The lowest BCUT2D eigenvalue weighted by Crippen LogP contribution is -1.93. The smallest absolute Gasteiger partial charge is 0.185 e. The Balaban J connectivity index is 1.78. The molecule has 0 fully saturated rings. The van der Waals surface area contributed by atoms with E-state index in [-0.39, 0.29) is 16.6 Å². The molecule has 0 heterocycles. The van der Waals surface area contributed by atoms with E-state index in [2.05, 4.69) is 20.9 Å². The van der Waals surface area contributed by atoms with E-state index >= 15 is 0 Å². The van der Waals surface area contributed by atoms with Crippen LogP contribution in [-0.2, 0) is 0 Å². The maximum Gasteiger partial charge on any atom is 0.185 e. The number of carbonyl (C=O) groups is 1. The summed E-state index contributed by atoms with van der Waals surface area (Å²) in [6.07, 6.45) is 4.74. The number of nitrogens with zero attached hydrogens (tertiary/aromatic N) is 1. The summed E-state index contributed by atoms with van der Waals surface area (Å²) >= 11 is 15.2. The molecule has 0 radical (unpaired) electrons. The van der Waals surface area contributed by atoms with Crippen LogP contribution in [0.1, 0.15) is 21.5 Å². The Morgan fingerprint density at radius 2 is 1.79 bits per heavy atom. The minimum atomic E-state index is -0.131. The Morgan fingerprint density at radius 3 is 2.54 bits per heavy atom. The lowest BCUT2D eigenvalue weighted by molar-refractivity contribution is 0.104. The highest BCUT2D eigenvalue weighted by Crippen LogP contribution is 2.30. The molecule has 140 valence electrons. The monoisotopic (exact) mass is 473 g/mol. The van der Waals surface area contributed by atoms with Gasteiger partial charge in [-0.2, -0.15) is 0 Å². The van der Waals surface area contributed by atoms with Crippen molar-refractivity contribution in [2.75, 3.05) is 0 Å². The Hall–Kier alpha value is -2.40. The van der Waals surface area contributed by atoms with Gasteiger partial charge in [-0.25, -0.2) is 0 Å². The molecular weight excluding hydrogens is 461 g/mol. The molecule has 28 heavy (non-hydrogen) atoms. The van der Waals surface area contributed by atoms with E-state index in [1.165, 1.54) is 18.4 Å². The third kappa shape index (κ3) is 5.32. The first kappa shape index (κ1) is 20.3. The summed E-state index contributed by atoms with van der Waals surface area (Å²) in [4.78, 5) is 16.7. The van der Waals surface area contributed by atoms with Gasteiger partial charge in [0.05, 0.1) is 10.7 Å². The number of halogens is 3. The van der Waals surface area contributed by atoms with E-state index in [4.69, 9.17) is 23.2 Å². The van der Waals surface area contributed by atoms with Gasteiger partial charge in [-0.15, -0.1) is 0 Å². The van der Waals surface area contributed by atoms with Gasteiger partial charge in [-0.1, -0.05) is 69.5 Å². The number of phenolic OH excluding ortho intramolecular Hbond substituents is 1. The largest absolute Gasteiger partial charge is 0.506 e. The van der Waals surface area contributed by atoms with Gasteiger partial charge in [0.25, 0.3) is 0 Å². The molecule has 0 aromatic heterocycles. The lowest BCUT2D eigenvalue weighted by Gasteiger charge is -2.03. The van der Waals surface area contributed by atoms with Crippen molar-refractivity contribution in [2.24, 2.45) is 4.99 Å². The molecule has 0 aliphatic rings. The molecule has 0 saturated heterocycles. The second-order valence-corrected chi connectivity index (χ2v) is 7.64. The van der Waals surface area contributed by atoms with Crippen LogP contribution >= 0.6 is 39.1 Å². The predicted molar refractivity (Wildman–Crippen MR) is 119 cm³/mol. The number of aromatic hydroxyl groups is 1. The Morgan fingerprint density at radius 1 is 1.04 bits per heavy atom. The summed E-state index contributed by atoms with van der Waals surface area (Å²) in [5, 5.41) is 10.5. The quantitative estimate of drug-likeness (QED) is 0.243. The summed E-state index contributed by atoms with van der Waals surface area (Å²) < 4.78 is 0.980. The van der Waals surface area contributed by atoms with Crippen LogP contribution in [0.5, 0.6) is 5.75 Å². The van der Waals surface area contributed by atoms with Crippen molar-refractivity contribution in [3.8, 4) is 5.75 Å². The van der Waals surface area contributed by atoms with Gasteiger partial charge < -0.3 is 5.11 Å². The number of aliphatic imine (C=N–C) groups is 1. The number of hydrogen-bond donors (Lipinski definition) is 1. The topological polar surface area (TPSA) is 49.7 Å². The van der Waals surface area contributed by atoms with Crippen molar-refractivity contribution in [1.82, 2.24) is 0 Å². The molecule has 0 aliphatic heterocycles. The van der Waals surface area contributed by atoms with Crippen LogP contribution in [0.25, 0.3) is 6.08 Å². The van der Waals surface area contributed by atoms with Gasteiger partial charge in [0.15, 0.2) is 5.78 Å². The highest BCUT2D eigenvalue weighted by Gasteiger charge is 2.06. The first-order chi connectivity index (χ1) is 13.4. The van der Waals surface area contributed by atoms with Gasteiger partial charge in [-0.3, -0.25) is 9.79 Å². The van der Waals surface area contributed by atoms with Crippen molar-refractivity contribution in [1.29, 1.82) is 0 Å². The van der Waals surface area contributed by atoms with Crippen molar-refractivity contribution in [3.63, 3.8) is 0 Å². The normalized spacial score (nSPS) is 11.4. The van der Waals surface area contributed by atoms with Gasteiger partial charge in [0.1, 0.15) is 5.75 Å². The predicted octanol–water partition coefficient (Wildman–Crippen LogP) is 7.11. The van der Waals surface area contributed by atoms with Crippen LogP contribution < -0.4 is 0 Å². The highest BCUT2D eigenvalue weighted by molar-refractivity contribution is 9.10.